The van der Waals surface area contributed by atoms with Crippen molar-refractivity contribution in [2.24, 2.45) is 0 Å². The number of hydrogen-bond donors (Lipinski definition) is 2. The van der Waals surface area contributed by atoms with E-state index in [1.54, 1.807) is 0 Å². The van der Waals surface area contributed by atoms with Crippen LogP contribution in [0, 0.1) is 6.92 Å². The SMILES string of the molecule is Cc1nc(CO)n(C[C@@H]2CCO2)c1CCC(=O)O. The van der Waals surface area contributed by atoms with E-state index in [9.17, 15) is 9.90 Å². The molecule has 18 heavy (non-hydrogen) atoms. The Morgan fingerprint density at radius 3 is 2.83 bits per heavy atom. The van der Waals surface area contributed by atoms with Crippen LogP contribution in [0.2, 0.25) is 0 Å². The molecular weight excluding hydrogens is 236 g/mol. The molecule has 2 heterocycles. The van der Waals surface area contributed by atoms with Gasteiger partial charge >= 0.3 is 5.97 Å². The summed E-state index contributed by atoms with van der Waals surface area (Å²) in [7, 11) is 0. The first-order valence-electron chi connectivity index (χ1n) is 6.11. The lowest BCUT2D eigenvalue weighted by molar-refractivity contribution is -0.136. The van der Waals surface area contributed by atoms with E-state index in [0.717, 1.165) is 24.4 Å². The predicted octanol–water partition coefficient (Wildman–Crippen LogP) is 0.490. The second-order valence-corrected chi connectivity index (χ2v) is 4.50. The highest BCUT2D eigenvalue weighted by Gasteiger charge is 2.23. The van der Waals surface area contributed by atoms with Crippen LogP contribution < -0.4 is 0 Å². The molecule has 0 bridgehead atoms. The summed E-state index contributed by atoms with van der Waals surface area (Å²) in [5, 5.41) is 18.1. The van der Waals surface area contributed by atoms with Gasteiger partial charge in [0.1, 0.15) is 12.4 Å². The molecule has 0 amide bonds. The van der Waals surface area contributed by atoms with Gasteiger partial charge in [0.05, 0.1) is 24.8 Å². The van der Waals surface area contributed by atoms with Crippen molar-refractivity contribution in [3.63, 3.8) is 0 Å². The van der Waals surface area contributed by atoms with Crippen molar-refractivity contribution in [1.29, 1.82) is 0 Å². The number of aliphatic carboxylic acids is 1. The Bertz CT molecular complexity index is 438. The number of carboxylic acid groups (broad SMARTS) is 1. The smallest absolute Gasteiger partial charge is 0.303 e. The molecule has 1 aromatic heterocycles. The van der Waals surface area contributed by atoms with Gasteiger partial charge in [-0.15, -0.1) is 0 Å². The minimum Gasteiger partial charge on any atom is -0.481 e. The zero-order valence-corrected chi connectivity index (χ0v) is 10.4. The minimum atomic E-state index is -0.826. The fraction of sp³-hybridized carbons (Fsp3) is 0.667. The Labute approximate surface area is 105 Å². The van der Waals surface area contributed by atoms with Gasteiger partial charge in [-0.2, -0.15) is 0 Å². The van der Waals surface area contributed by atoms with E-state index in [2.05, 4.69) is 4.98 Å². The van der Waals surface area contributed by atoms with Gasteiger partial charge in [-0.25, -0.2) is 4.98 Å². The lowest BCUT2D eigenvalue weighted by Gasteiger charge is -2.28. The van der Waals surface area contributed by atoms with Crippen molar-refractivity contribution < 1.29 is 19.7 Å². The summed E-state index contributed by atoms with van der Waals surface area (Å²) in [6.45, 7) is 3.12. The fourth-order valence-corrected chi connectivity index (χ4v) is 2.18. The molecule has 1 aliphatic heterocycles. The number of aliphatic hydroxyl groups excluding tert-OH is 1. The Morgan fingerprint density at radius 2 is 2.33 bits per heavy atom. The van der Waals surface area contributed by atoms with Crippen molar-refractivity contribution in [2.45, 2.75) is 45.4 Å². The fourth-order valence-electron chi connectivity index (χ4n) is 2.18. The summed E-state index contributed by atoms with van der Waals surface area (Å²) >= 11 is 0. The van der Waals surface area contributed by atoms with Crippen LogP contribution in [0.3, 0.4) is 0 Å². The maximum atomic E-state index is 10.7. The summed E-state index contributed by atoms with van der Waals surface area (Å²) in [5.41, 5.74) is 1.68. The van der Waals surface area contributed by atoms with Crippen LogP contribution in [0.5, 0.6) is 0 Å². The van der Waals surface area contributed by atoms with Crippen LogP contribution in [0.1, 0.15) is 30.1 Å². The summed E-state index contributed by atoms with van der Waals surface area (Å²) in [6.07, 6.45) is 1.66. The third-order valence-electron chi connectivity index (χ3n) is 3.25. The van der Waals surface area contributed by atoms with Crippen molar-refractivity contribution >= 4 is 5.97 Å². The molecule has 0 aliphatic carbocycles. The number of hydrogen-bond acceptors (Lipinski definition) is 4. The van der Waals surface area contributed by atoms with E-state index in [1.165, 1.54) is 0 Å². The number of carbonyl (C=O) groups is 1. The number of aliphatic hydroxyl groups is 1. The van der Waals surface area contributed by atoms with Gasteiger partial charge in [0.15, 0.2) is 0 Å². The predicted molar refractivity (Wildman–Crippen MR) is 63.2 cm³/mol. The number of imidazole rings is 1. The third kappa shape index (κ3) is 2.70. The van der Waals surface area contributed by atoms with Crippen LogP contribution in [0.4, 0.5) is 0 Å². The number of ether oxygens (including phenoxy) is 1. The molecule has 0 aromatic carbocycles. The number of aromatic nitrogens is 2. The lowest BCUT2D eigenvalue weighted by atomic mass is 10.1. The maximum Gasteiger partial charge on any atom is 0.303 e. The molecule has 1 saturated heterocycles. The van der Waals surface area contributed by atoms with Gasteiger partial charge in [0.25, 0.3) is 0 Å². The first-order chi connectivity index (χ1) is 8.61. The van der Waals surface area contributed by atoms with Crippen LogP contribution in [0.25, 0.3) is 0 Å². The number of aryl methyl sites for hydroxylation is 1. The number of carboxylic acids is 1. The van der Waals surface area contributed by atoms with E-state index < -0.39 is 5.97 Å². The molecule has 2 N–H and O–H groups in total. The number of rotatable bonds is 6. The molecule has 1 atom stereocenters. The standard InChI is InChI=1S/C12H18N2O4/c1-8-10(2-3-12(16)17)14(11(7-15)13-8)6-9-4-5-18-9/h9,15H,2-7H2,1H3,(H,16,17)/t9-/m0/s1. The maximum absolute atomic E-state index is 10.7. The normalized spacial score (nSPS) is 18.7. The summed E-state index contributed by atoms with van der Waals surface area (Å²) in [4.78, 5) is 14.9. The molecule has 1 fully saturated rings. The Hall–Kier alpha value is -1.40. The van der Waals surface area contributed by atoms with Gasteiger partial charge < -0.3 is 19.5 Å². The van der Waals surface area contributed by atoms with Crippen LogP contribution in [-0.2, 0) is 29.1 Å². The molecular formula is C12H18N2O4. The van der Waals surface area contributed by atoms with Crippen molar-refractivity contribution in [3.8, 4) is 0 Å². The Kier molecular flexibility index (Phi) is 3.98. The van der Waals surface area contributed by atoms with Gasteiger partial charge in [-0.1, -0.05) is 0 Å². The first-order valence-corrected chi connectivity index (χ1v) is 6.11. The van der Waals surface area contributed by atoms with Crippen molar-refractivity contribution in [3.05, 3.63) is 17.2 Å². The highest BCUT2D eigenvalue weighted by molar-refractivity contribution is 5.67. The summed E-state index contributed by atoms with van der Waals surface area (Å²) < 4.78 is 7.28. The van der Waals surface area contributed by atoms with E-state index in [1.807, 2.05) is 11.5 Å². The molecule has 6 nitrogen and oxygen atoms in total. The minimum absolute atomic E-state index is 0.0723. The molecule has 0 saturated carbocycles. The zero-order chi connectivity index (χ0) is 13.1. The Balaban J connectivity index is 2.18. The molecule has 1 aromatic rings. The Morgan fingerprint density at radius 1 is 1.61 bits per heavy atom. The van der Waals surface area contributed by atoms with E-state index in [0.29, 0.717) is 18.8 Å². The van der Waals surface area contributed by atoms with Gasteiger partial charge in [0, 0.05) is 12.3 Å². The molecule has 1 aliphatic rings. The molecule has 0 spiro atoms. The summed E-state index contributed by atoms with van der Waals surface area (Å²) in [5.74, 6) is -0.240. The monoisotopic (exact) mass is 254 g/mol. The third-order valence-corrected chi connectivity index (χ3v) is 3.25. The highest BCUT2D eigenvalue weighted by atomic mass is 16.5. The largest absolute Gasteiger partial charge is 0.481 e. The lowest BCUT2D eigenvalue weighted by Crippen LogP contribution is -2.32. The molecule has 0 unspecified atom stereocenters. The average molecular weight is 254 g/mol. The van der Waals surface area contributed by atoms with Gasteiger partial charge in [-0.05, 0) is 19.8 Å². The van der Waals surface area contributed by atoms with Crippen LogP contribution in [0.15, 0.2) is 0 Å². The quantitative estimate of drug-likeness (QED) is 0.771. The second kappa shape index (κ2) is 5.49. The second-order valence-electron chi connectivity index (χ2n) is 4.50. The zero-order valence-electron chi connectivity index (χ0n) is 10.4. The van der Waals surface area contributed by atoms with Crippen LogP contribution in [-0.4, -0.2) is 38.4 Å². The van der Waals surface area contributed by atoms with E-state index >= 15 is 0 Å². The van der Waals surface area contributed by atoms with E-state index in [4.69, 9.17) is 9.84 Å². The van der Waals surface area contributed by atoms with E-state index in [-0.39, 0.29) is 19.1 Å². The van der Waals surface area contributed by atoms with Crippen molar-refractivity contribution in [2.75, 3.05) is 6.61 Å². The van der Waals surface area contributed by atoms with Crippen LogP contribution >= 0.6 is 0 Å². The van der Waals surface area contributed by atoms with Crippen molar-refractivity contribution in [1.82, 2.24) is 9.55 Å². The topological polar surface area (TPSA) is 84.6 Å². The number of nitrogens with zero attached hydrogens (tertiary/aromatic N) is 2. The molecule has 100 valence electrons. The van der Waals surface area contributed by atoms with Gasteiger partial charge in [-0.3, -0.25) is 4.79 Å². The molecule has 0 radical (unpaired) electrons. The molecule has 6 heteroatoms. The molecule has 2 rings (SSSR count). The van der Waals surface area contributed by atoms with Gasteiger partial charge in [0.2, 0.25) is 0 Å². The average Bonchev–Trinajstić information content (AvgIpc) is 2.57. The first kappa shape index (κ1) is 13.0. The summed E-state index contributed by atoms with van der Waals surface area (Å²) in [6, 6.07) is 0. The highest BCUT2D eigenvalue weighted by Crippen LogP contribution is 2.19.